The van der Waals surface area contributed by atoms with E-state index in [2.05, 4.69) is 9.97 Å². The van der Waals surface area contributed by atoms with Crippen molar-refractivity contribution in [3.63, 3.8) is 0 Å². The van der Waals surface area contributed by atoms with Crippen LogP contribution in [0.15, 0.2) is 9.59 Å². The van der Waals surface area contributed by atoms with Crippen LogP contribution in [-0.2, 0) is 7.05 Å². The van der Waals surface area contributed by atoms with Gasteiger partial charge in [0, 0.05) is 13.1 Å². The van der Waals surface area contributed by atoms with Crippen molar-refractivity contribution in [2.75, 3.05) is 0 Å². The quantitative estimate of drug-likeness (QED) is 0.813. The molecule has 0 aliphatic heterocycles. The predicted octanol–water partition coefficient (Wildman–Crippen LogP) is 0.847. The molecule has 1 fully saturated rings. The largest absolute Gasteiger partial charge is 0.336 e. The Morgan fingerprint density at radius 2 is 1.94 bits per heavy atom. The summed E-state index contributed by atoms with van der Waals surface area (Å²) in [4.78, 5) is 31.5. The first-order chi connectivity index (χ1) is 8.59. The van der Waals surface area contributed by atoms with Gasteiger partial charge in [0.05, 0.1) is 0 Å². The minimum atomic E-state index is -0.301. The Kier molecular flexibility index (Phi) is 2.39. The summed E-state index contributed by atoms with van der Waals surface area (Å²) in [7, 11) is 1.52. The number of aromatic nitrogens is 4. The average Bonchev–Trinajstić information content (AvgIpc) is 2.96. The van der Waals surface area contributed by atoms with Crippen LogP contribution in [0.5, 0.6) is 0 Å². The molecule has 96 valence electrons. The van der Waals surface area contributed by atoms with Gasteiger partial charge in [0.15, 0.2) is 5.65 Å². The van der Waals surface area contributed by atoms with Gasteiger partial charge in [0.2, 0.25) is 0 Å². The summed E-state index contributed by atoms with van der Waals surface area (Å²) in [6, 6.07) is 0.175. The monoisotopic (exact) mass is 248 g/mol. The zero-order chi connectivity index (χ0) is 12.9. The number of H-pyrrole nitrogens is 1. The number of aryl methyl sites for hydroxylation is 1. The van der Waals surface area contributed by atoms with Crippen molar-refractivity contribution in [2.45, 2.75) is 38.6 Å². The Hall–Kier alpha value is -1.85. The van der Waals surface area contributed by atoms with Crippen molar-refractivity contribution in [2.24, 2.45) is 7.05 Å². The number of hydrogen-bond acceptors (Lipinski definition) is 3. The van der Waals surface area contributed by atoms with Gasteiger partial charge in [-0.05, 0) is 19.8 Å². The summed E-state index contributed by atoms with van der Waals surface area (Å²) in [5.74, 6) is 0.666. The molecular weight excluding hydrogens is 232 g/mol. The Balaban J connectivity index is 2.41. The molecule has 1 saturated carbocycles. The molecule has 6 heteroatoms. The minimum absolute atomic E-state index is 0.175. The van der Waals surface area contributed by atoms with Gasteiger partial charge in [0.1, 0.15) is 11.3 Å². The Bertz CT molecular complexity index is 716. The van der Waals surface area contributed by atoms with Gasteiger partial charge in [-0.1, -0.05) is 12.8 Å². The molecule has 18 heavy (non-hydrogen) atoms. The molecule has 0 radical (unpaired) electrons. The third kappa shape index (κ3) is 1.45. The summed E-state index contributed by atoms with van der Waals surface area (Å²) >= 11 is 0. The standard InChI is InChI=1S/C12H16N4O2/c1-7-13-9-10(14-7)16(8-5-3-4-6-8)12(18)15(2)11(9)17/h8H,3-6H2,1-2H3,(H,13,14). The van der Waals surface area contributed by atoms with Crippen LogP contribution in [0.1, 0.15) is 37.5 Å². The summed E-state index contributed by atoms with van der Waals surface area (Å²) in [6.07, 6.45) is 4.23. The van der Waals surface area contributed by atoms with Gasteiger partial charge in [-0.15, -0.1) is 0 Å². The second-order valence-corrected chi connectivity index (χ2v) is 4.98. The first kappa shape index (κ1) is 11.3. The van der Waals surface area contributed by atoms with Gasteiger partial charge in [0.25, 0.3) is 5.56 Å². The molecule has 1 aliphatic carbocycles. The molecule has 2 heterocycles. The number of rotatable bonds is 1. The molecule has 0 atom stereocenters. The van der Waals surface area contributed by atoms with Crippen molar-refractivity contribution in [3.05, 3.63) is 26.7 Å². The van der Waals surface area contributed by atoms with Crippen molar-refractivity contribution in [1.29, 1.82) is 0 Å². The molecule has 2 aromatic heterocycles. The maximum Gasteiger partial charge on any atom is 0.332 e. The number of nitrogens with zero attached hydrogens (tertiary/aromatic N) is 3. The van der Waals surface area contributed by atoms with Crippen molar-refractivity contribution in [3.8, 4) is 0 Å². The zero-order valence-corrected chi connectivity index (χ0v) is 10.6. The van der Waals surface area contributed by atoms with Crippen LogP contribution in [0.4, 0.5) is 0 Å². The molecule has 1 N–H and O–H groups in total. The number of aromatic amines is 1. The molecule has 0 unspecified atom stereocenters. The highest BCUT2D eigenvalue weighted by atomic mass is 16.2. The molecule has 1 aliphatic rings. The molecule has 0 bridgehead atoms. The second-order valence-electron chi connectivity index (χ2n) is 4.98. The summed E-state index contributed by atoms with van der Waals surface area (Å²) in [6.45, 7) is 1.79. The van der Waals surface area contributed by atoms with E-state index >= 15 is 0 Å². The van der Waals surface area contributed by atoms with E-state index in [0.29, 0.717) is 17.0 Å². The third-order valence-corrected chi connectivity index (χ3v) is 3.73. The van der Waals surface area contributed by atoms with Crippen LogP contribution in [0.3, 0.4) is 0 Å². The lowest BCUT2D eigenvalue weighted by Gasteiger charge is -2.14. The molecule has 0 spiro atoms. The average molecular weight is 248 g/mol. The number of nitrogens with one attached hydrogen (secondary N) is 1. The van der Waals surface area contributed by atoms with E-state index in [4.69, 9.17) is 0 Å². The van der Waals surface area contributed by atoms with Crippen molar-refractivity contribution in [1.82, 2.24) is 19.1 Å². The lowest BCUT2D eigenvalue weighted by Crippen LogP contribution is -2.39. The normalized spacial score (nSPS) is 16.8. The molecule has 6 nitrogen and oxygen atoms in total. The Morgan fingerprint density at radius 1 is 1.28 bits per heavy atom. The third-order valence-electron chi connectivity index (χ3n) is 3.73. The van der Waals surface area contributed by atoms with E-state index in [9.17, 15) is 9.59 Å². The van der Waals surface area contributed by atoms with Crippen LogP contribution in [0.25, 0.3) is 11.2 Å². The van der Waals surface area contributed by atoms with E-state index in [0.717, 1.165) is 30.3 Å². The van der Waals surface area contributed by atoms with Crippen molar-refractivity contribution >= 4 is 11.2 Å². The van der Waals surface area contributed by atoms with Crippen molar-refractivity contribution < 1.29 is 0 Å². The number of imidazole rings is 1. The lowest BCUT2D eigenvalue weighted by atomic mass is 10.2. The first-order valence-corrected chi connectivity index (χ1v) is 6.27. The highest BCUT2D eigenvalue weighted by molar-refractivity contribution is 5.69. The smallest absolute Gasteiger partial charge is 0.332 e. The SMILES string of the molecule is Cc1nc2c([nH]1)c(=O)n(C)c(=O)n2C1CCCC1. The highest BCUT2D eigenvalue weighted by Crippen LogP contribution is 2.29. The minimum Gasteiger partial charge on any atom is -0.336 e. The summed E-state index contributed by atoms with van der Waals surface area (Å²) < 4.78 is 2.85. The predicted molar refractivity (Wildman–Crippen MR) is 67.8 cm³/mol. The van der Waals surface area contributed by atoms with Crippen LogP contribution >= 0.6 is 0 Å². The van der Waals surface area contributed by atoms with E-state index < -0.39 is 0 Å². The fourth-order valence-corrected chi connectivity index (χ4v) is 2.80. The van der Waals surface area contributed by atoms with Gasteiger partial charge in [-0.2, -0.15) is 0 Å². The molecule has 0 saturated heterocycles. The van der Waals surface area contributed by atoms with E-state index in [1.54, 1.807) is 11.5 Å². The lowest BCUT2D eigenvalue weighted by molar-refractivity contribution is 0.489. The topological polar surface area (TPSA) is 72.7 Å². The molecular formula is C12H16N4O2. The van der Waals surface area contributed by atoms with E-state index in [1.807, 2.05) is 0 Å². The Morgan fingerprint density at radius 3 is 2.61 bits per heavy atom. The Labute approximate surface area is 103 Å². The van der Waals surface area contributed by atoms with Gasteiger partial charge in [-0.3, -0.25) is 13.9 Å². The van der Waals surface area contributed by atoms with Gasteiger partial charge in [-0.25, -0.2) is 9.78 Å². The first-order valence-electron chi connectivity index (χ1n) is 6.27. The maximum atomic E-state index is 12.3. The molecule has 2 aromatic rings. The van der Waals surface area contributed by atoms with Crippen LogP contribution in [-0.4, -0.2) is 19.1 Å². The summed E-state index contributed by atoms with van der Waals surface area (Å²) in [5.41, 5.74) is 0.379. The zero-order valence-electron chi connectivity index (χ0n) is 10.6. The number of fused-ring (bicyclic) bond motifs is 1. The van der Waals surface area contributed by atoms with E-state index in [-0.39, 0.29) is 17.3 Å². The molecule has 0 amide bonds. The van der Waals surface area contributed by atoms with Gasteiger partial charge < -0.3 is 4.98 Å². The maximum absolute atomic E-state index is 12.3. The number of hydrogen-bond donors (Lipinski definition) is 1. The fourth-order valence-electron chi connectivity index (χ4n) is 2.80. The van der Waals surface area contributed by atoms with Crippen LogP contribution < -0.4 is 11.2 Å². The van der Waals surface area contributed by atoms with Gasteiger partial charge >= 0.3 is 5.69 Å². The highest BCUT2D eigenvalue weighted by Gasteiger charge is 2.23. The fraction of sp³-hybridized carbons (Fsp3) is 0.583. The van der Waals surface area contributed by atoms with Crippen LogP contribution in [0, 0.1) is 6.92 Å². The summed E-state index contributed by atoms with van der Waals surface area (Å²) in [5, 5.41) is 0. The molecule has 0 aromatic carbocycles. The van der Waals surface area contributed by atoms with E-state index in [1.165, 1.54) is 7.05 Å². The second kappa shape index (κ2) is 3.83. The van der Waals surface area contributed by atoms with Crippen LogP contribution in [0.2, 0.25) is 0 Å². The molecule has 3 rings (SSSR count).